The number of nitrogens with zero attached hydrogens (tertiary/aromatic N) is 2. The van der Waals surface area contributed by atoms with Gasteiger partial charge >= 0.3 is 5.97 Å². The molecule has 0 spiro atoms. The maximum atomic E-state index is 12.6. The molecule has 148 valence electrons. The predicted octanol–water partition coefficient (Wildman–Crippen LogP) is 4.27. The summed E-state index contributed by atoms with van der Waals surface area (Å²) in [5.41, 5.74) is 4.23. The van der Waals surface area contributed by atoms with Crippen LogP contribution in [0, 0.1) is 13.8 Å². The minimum atomic E-state index is -0.375. The maximum absolute atomic E-state index is 12.6. The zero-order chi connectivity index (χ0) is 20.8. The van der Waals surface area contributed by atoms with Crippen LogP contribution in [0.15, 0.2) is 54.7 Å². The first kappa shape index (κ1) is 20.0. The van der Waals surface area contributed by atoms with Gasteiger partial charge in [-0.05, 0) is 62.7 Å². The van der Waals surface area contributed by atoms with E-state index in [2.05, 4.69) is 20.6 Å². The number of hydrogen-bond acceptors (Lipinski definition) is 6. The molecule has 1 amide bonds. The molecule has 1 heterocycles. The molecule has 0 atom stereocenters. The highest BCUT2D eigenvalue weighted by atomic mass is 16.5. The van der Waals surface area contributed by atoms with Gasteiger partial charge in [-0.25, -0.2) is 14.8 Å². The highest BCUT2D eigenvalue weighted by molar-refractivity contribution is 6.03. The molecule has 0 unspecified atom stereocenters. The topological polar surface area (TPSA) is 93.2 Å². The van der Waals surface area contributed by atoms with Crippen LogP contribution in [0.5, 0.6) is 0 Å². The second-order valence-electron chi connectivity index (χ2n) is 6.46. The van der Waals surface area contributed by atoms with Crippen LogP contribution in [-0.4, -0.2) is 28.5 Å². The SMILES string of the molecule is CCOC(=O)c1ccc(Nc2nccc(C(=O)Nc3ccc(C)cc3C)n2)cc1. The van der Waals surface area contributed by atoms with Crippen molar-refractivity contribution in [2.75, 3.05) is 17.2 Å². The van der Waals surface area contributed by atoms with Gasteiger partial charge in [-0.3, -0.25) is 4.79 Å². The van der Waals surface area contributed by atoms with Crippen molar-refractivity contribution >= 4 is 29.2 Å². The van der Waals surface area contributed by atoms with E-state index in [0.717, 1.165) is 16.8 Å². The largest absolute Gasteiger partial charge is 0.462 e. The summed E-state index contributed by atoms with van der Waals surface area (Å²) in [4.78, 5) is 32.7. The Bertz CT molecular complexity index is 1030. The van der Waals surface area contributed by atoms with Gasteiger partial charge in [0.2, 0.25) is 5.95 Å². The van der Waals surface area contributed by atoms with Crippen molar-refractivity contribution in [2.45, 2.75) is 20.8 Å². The van der Waals surface area contributed by atoms with Gasteiger partial charge in [0.1, 0.15) is 5.69 Å². The van der Waals surface area contributed by atoms with Gasteiger partial charge in [0, 0.05) is 17.6 Å². The van der Waals surface area contributed by atoms with Crippen molar-refractivity contribution in [3.63, 3.8) is 0 Å². The van der Waals surface area contributed by atoms with E-state index >= 15 is 0 Å². The van der Waals surface area contributed by atoms with Gasteiger partial charge in [0.05, 0.1) is 12.2 Å². The summed E-state index contributed by atoms with van der Waals surface area (Å²) in [6.45, 7) is 6.02. The van der Waals surface area contributed by atoms with Gasteiger partial charge in [-0.1, -0.05) is 17.7 Å². The number of carbonyl (C=O) groups excluding carboxylic acids is 2. The van der Waals surface area contributed by atoms with Crippen LogP contribution in [-0.2, 0) is 4.74 Å². The number of ether oxygens (including phenoxy) is 1. The van der Waals surface area contributed by atoms with Crippen LogP contribution in [0.2, 0.25) is 0 Å². The normalized spacial score (nSPS) is 10.3. The summed E-state index contributed by atoms with van der Waals surface area (Å²) >= 11 is 0. The highest BCUT2D eigenvalue weighted by Gasteiger charge is 2.11. The number of nitrogens with one attached hydrogen (secondary N) is 2. The standard InChI is InChI=1S/C22H22N4O3/c1-4-29-21(28)16-6-8-17(9-7-16)24-22-23-12-11-19(26-22)20(27)25-18-10-5-14(2)13-15(18)3/h5-13H,4H2,1-3H3,(H,25,27)(H,23,24,26). The van der Waals surface area contributed by atoms with Crippen molar-refractivity contribution in [1.82, 2.24) is 9.97 Å². The van der Waals surface area contributed by atoms with Crippen LogP contribution in [0.25, 0.3) is 0 Å². The van der Waals surface area contributed by atoms with Gasteiger partial charge in [-0.15, -0.1) is 0 Å². The lowest BCUT2D eigenvalue weighted by molar-refractivity contribution is 0.0526. The molecule has 0 bridgehead atoms. The smallest absolute Gasteiger partial charge is 0.338 e. The van der Waals surface area contributed by atoms with E-state index in [-0.39, 0.29) is 23.5 Å². The second kappa shape index (κ2) is 8.97. The molecule has 0 saturated heterocycles. The van der Waals surface area contributed by atoms with Crippen LogP contribution in [0.4, 0.5) is 17.3 Å². The van der Waals surface area contributed by atoms with E-state index < -0.39 is 0 Å². The number of benzene rings is 2. The molecule has 7 nitrogen and oxygen atoms in total. The average Bonchev–Trinajstić information content (AvgIpc) is 2.71. The van der Waals surface area contributed by atoms with E-state index in [1.165, 1.54) is 6.20 Å². The fourth-order valence-corrected chi connectivity index (χ4v) is 2.72. The number of carbonyl (C=O) groups is 2. The lowest BCUT2D eigenvalue weighted by Crippen LogP contribution is -2.15. The Morgan fingerprint density at radius 3 is 2.48 bits per heavy atom. The molecule has 2 aromatic carbocycles. The first-order chi connectivity index (χ1) is 14.0. The molecular weight excluding hydrogens is 368 g/mol. The monoisotopic (exact) mass is 390 g/mol. The Balaban J connectivity index is 1.70. The molecule has 2 N–H and O–H groups in total. The zero-order valence-electron chi connectivity index (χ0n) is 16.5. The maximum Gasteiger partial charge on any atom is 0.338 e. The summed E-state index contributed by atoms with van der Waals surface area (Å²) in [5.74, 6) is -0.414. The molecule has 0 aliphatic carbocycles. The molecule has 0 aliphatic heterocycles. The number of aryl methyl sites for hydroxylation is 2. The van der Waals surface area contributed by atoms with E-state index in [1.807, 2.05) is 32.0 Å². The molecule has 0 aliphatic rings. The predicted molar refractivity (Wildman–Crippen MR) is 112 cm³/mol. The van der Waals surface area contributed by atoms with E-state index in [1.54, 1.807) is 37.3 Å². The first-order valence-corrected chi connectivity index (χ1v) is 9.22. The Hall–Kier alpha value is -3.74. The number of amides is 1. The number of esters is 1. The number of hydrogen-bond donors (Lipinski definition) is 2. The Morgan fingerprint density at radius 1 is 1.03 bits per heavy atom. The summed E-state index contributed by atoms with van der Waals surface area (Å²) in [5, 5.41) is 5.89. The summed E-state index contributed by atoms with van der Waals surface area (Å²) in [6.07, 6.45) is 1.51. The highest BCUT2D eigenvalue weighted by Crippen LogP contribution is 2.18. The van der Waals surface area contributed by atoms with Crippen molar-refractivity contribution in [3.05, 3.63) is 77.1 Å². The van der Waals surface area contributed by atoms with Crippen molar-refractivity contribution < 1.29 is 14.3 Å². The van der Waals surface area contributed by atoms with E-state index in [9.17, 15) is 9.59 Å². The third-order valence-corrected chi connectivity index (χ3v) is 4.17. The quantitative estimate of drug-likeness (QED) is 0.611. The molecule has 3 aromatic rings. The molecule has 29 heavy (non-hydrogen) atoms. The van der Waals surface area contributed by atoms with Crippen molar-refractivity contribution in [3.8, 4) is 0 Å². The van der Waals surface area contributed by atoms with Gasteiger partial charge in [0.25, 0.3) is 5.91 Å². The molecule has 1 aromatic heterocycles. The van der Waals surface area contributed by atoms with Crippen LogP contribution >= 0.6 is 0 Å². The third-order valence-electron chi connectivity index (χ3n) is 4.17. The van der Waals surface area contributed by atoms with Crippen LogP contribution < -0.4 is 10.6 Å². The average molecular weight is 390 g/mol. The number of aromatic nitrogens is 2. The van der Waals surface area contributed by atoms with E-state index in [4.69, 9.17) is 4.74 Å². The lowest BCUT2D eigenvalue weighted by atomic mass is 10.1. The summed E-state index contributed by atoms with van der Waals surface area (Å²) in [7, 11) is 0. The van der Waals surface area contributed by atoms with Gasteiger partial charge in [-0.2, -0.15) is 0 Å². The number of anilines is 3. The van der Waals surface area contributed by atoms with Crippen LogP contribution in [0.1, 0.15) is 38.9 Å². The molecule has 0 saturated carbocycles. The third kappa shape index (κ3) is 5.16. The van der Waals surface area contributed by atoms with Crippen molar-refractivity contribution in [2.24, 2.45) is 0 Å². The minimum Gasteiger partial charge on any atom is -0.462 e. The summed E-state index contributed by atoms with van der Waals surface area (Å²) < 4.78 is 4.96. The van der Waals surface area contributed by atoms with E-state index in [0.29, 0.717) is 17.9 Å². The van der Waals surface area contributed by atoms with Crippen molar-refractivity contribution in [1.29, 1.82) is 0 Å². The fourth-order valence-electron chi connectivity index (χ4n) is 2.72. The molecule has 0 fully saturated rings. The first-order valence-electron chi connectivity index (χ1n) is 9.22. The van der Waals surface area contributed by atoms with Gasteiger partial charge in [0.15, 0.2) is 0 Å². The molecular formula is C22H22N4O3. The Labute approximate surface area is 169 Å². The summed E-state index contributed by atoms with van der Waals surface area (Å²) in [6, 6.07) is 14.1. The zero-order valence-corrected chi connectivity index (χ0v) is 16.5. The van der Waals surface area contributed by atoms with Gasteiger partial charge < -0.3 is 15.4 Å². The minimum absolute atomic E-state index is 0.241. The lowest BCUT2D eigenvalue weighted by Gasteiger charge is -2.10. The molecule has 0 radical (unpaired) electrons. The Kier molecular flexibility index (Phi) is 6.19. The van der Waals surface area contributed by atoms with Crippen LogP contribution in [0.3, 0.4) is 0 Å². The fraction of sp³-hybridized carbons (Fsp3) is 0.182. The molecule has 3 rings (SSSR count). The molecule has 7 heteroatoms. The number of rotatable bonds is 6. The second-order valence-corrected chi connectivity index (χ2v) is 6.46. The Morgan fingerprint density at radius 2 is 1.79 bits per heavy atom.